The predicted octanol–water partition coefficient (Wildman–Crippen LogP) is 3.93. The lowest BCUT2D eigenvalue weighted by Gasteiger charge is -2.39. The standard InChI is InChI=1S/C18H20FNO/c1-12-9-10-18(20,15-6-4-3-5-14(12)15)16-8-7-13(21-2)11-17(16)19/h3-8,11-12H,9-10,20H2,1-2H3. The summed E-state index contributed by atoms with van der Waals surface area (Å²) >= 11 is 0. The summed E-state index contributed by atoms with van der Waals surface area (Å²) in [6, 6.07) is 13.0. The Hall–Kier alpha value is -1.87. The van der Waals surface area contributed by atoms with Gasteiger partial charge in [-0.25, -0.2) is 4.39 Å². The van der Waals surface area contributed by atoms with E-state index in [1.165, 1.54) is 18.7 Å². The summed E-state index contributed by atoms with van der Waals surface area (Å²) in [5, 5.41) is 0. The molecule has 0 bridgehead atoms. The van der Waals surface area contributed by atoms with E-state index in [1.54, 1.807) is 12.1 Å². The van der Waals surface area contributed by atoms with E-state index in [9.17, 15) is 4.39 Å². The second kappa shape index (κ2) is 5.15. The van der Waals surface area contributed by atoms with E-state index >= 15 is 0 Å². The minimum atomic E-state index is -0.764. The molecule has 110 valence electrons. The van der Waals surface area contributed by atoms with Crippen molar-refractivity contribution in [1.82, 2.24) is 0 Å². The van der Waals surface area contributed by atoms with Crippen LogP contribution in [0.5, 0.6) is 5.75 Å². The molecule has 21 heavy (non-hydrogen) atoms. The van der Waals surface area contributed by atoms with E-state index in [0.717, 1.165) is 18.4 Å². The number of methoxy groups -OCH3 is 1. The smallest absolute Gasteiger partial charge is 0.132 e. The van der Waals surface area contributed by atoms with Gasteiger partial charge in [0.1, 0.15) is 11.6 Å². The average molecular weight is 285 g/mol. The van der Waals surface area contributed by atoms with Crippen molar-refractivity contribution in [3.8, 4) is 5.75 Å². The third-order valence-electron chi connectivity index (χ3n) is 4.60. The molecule has 0 aromatic heterocycles. The zero-order valence-corrected chi connectivity index (χ0v) is 12.4. The SMILES string of the molecule is COc1ccc(C2(N)CCC(C)c3ccccc32)c(F)c1. The summed E-state index contributed by atoms with van der Waals surface area (Å²) < 4.78 is 19.6. The van der Waals surface area contributed by atoms with E-state index in [1.807, 2.05) is 18.2 Å². The number of fused-ring (bicyclic) bond motifs is 1. The quantitative estimate of drug-likeness (QED) is 0.907. The fraction of sp³-hybridized carbons (Fsp3) is 0.333. The minimum absolute atomic E-state index is 0.304. The topological polar surface area (TPSA) is 35.2 Å². The second-order valence-corrected chi connectivity index (χ2v) is 5.84. The van der Waals surface area contributed by atoms with Gasteiger partial charge in [0.25, 0.3) is 0 Å². The summed E-state index contributed by atoms with van der Waals surface area (Å²) in [4.78, 5) is 0. The molecule has 0 amide bonds. The van der Waals surface area contributed by atoms with Crippen molar-refractivity contribution in [3.63, 3.8) is 0 Å². The van der Waals surface area contributed by atoms with Gasteiger partial charge in [0.05, 0.1) is 12.6 Å². The van der Waals surface area contributed by atoms with Gasteiger partial charge in [0.15, 0.2) is 0 Å². The van der Waals surface area contributed by atoms with Crippen LogP contribution in [0.25, 0.3) is 0 Å². The summed E-state index contributed by atoms with van der Waals surface area (Å²) in [6.07, 6.45) is 1.70. The molecule has 1 aliphatic rings. The molecule has 0 radical (unpaired) electrons. The lowest BCUT2D eigenvalue weighted by atomic mass is 9.69. The van der Waals surface area contributed by atoms with Gasteiger partial charge in [0.2, 0.25) is 0 Å². The molecular formula is C18H20FNO. The maximum atomic E-state index is 14.5. The Kier molecular flexibility index (Phi) is 3.46. The van der Waals surface area contributed by atoms with E-state index in [2.05, 4.69) is 13.0 Å². The molecule has 2 aromatic carbocycles. The molecule has 0 spiro atoms. The van der Waals surface area contributed by atoms with Crippen LogP contribution in [0.1, 0.15) is 42.4 Å². The number of halogens is 1. The molecule has 2 aromatic rings. The Morgan fingerprint density at radius 2 is 1.95 bits per heavy atom. The van der Waals surface area contributed by atoms with Gasteiger partial charge in [-0.2, -0.15) is 0 Å². The van der Waals surface area contributed by atoms with Gasteiger partial charge in [-0.15, -0.1) is 0 Å². The Morgan fingerprint density at radius 3 is 2.67 bits per heavy atom. The third kappa shape index (κ3) is 2.22. The first kappa shape index (κ1) is 14.1. The first-order valence-electron chi connectivity index (χ1n) is 7.28. The average Bonchev–Trinajstić information content (AvgIpc) is 2.51. The number of rotatable bonds is 2. The van der Waals surface area contributed by atoms with E-state index in [0.29, 0.717) is 17.2 Å². The van der Waals surface area contributed by atoms with Gasteiger partial charge in [-0.05, 0) is 36.0 Å². The van der Waals surface area contributed by atoms with Crippen LogP contribution in [0.15, 0.2) is 42.5 Å². The molecule has 0 heterocycles. The summed E-state index contributed by atoms with van der Waals surface area (Å²) in [6.45, 7) is 2.20. The maximum Gasteiger partial charge on any atom is 0.132 e. The predicted molar refractivity (Wildman–Crippen MR) is 82.0 cm³/mol. The molecule has 3 heteroatoms. The summed E-state index contributed by atoms with van der Waals surface area (Å²) in [5.41, 5.74) is 8.70. The van der Waals surface area contributed by atoms with Gasteiger partial charge >= 0.3 is 0 Å². The Bertz CT molecular complexity index is 670. The summed E-state index contributed by atoms with van der Waals surface area (Å²) in [7, 11) is 1.53. The first-order valence-corrected chi connectivity index (χ1v) is 7.28. The Balaban J connectivity index is 2.16. The van der Waals surface area contributed by atoms with Crippen molar-refractivity contribution in [2.75, 3.05) is 7.11 Å². The van der Waals surface area contributed by atoms with Gasteiger partial charge < -0.3 is 10.5 Å². The van der Waals surface area contributed by atoms with Crippen molar-refractivity contribution in [2.24, 2.45) is 5.73 Å². The molecular weight excluding hydrogens is 265 g/mol. The van der Waals surface area contributed by atoms with Crippen LogP contribution in [-0.4, -0.2) is 7.11 Å². The molecule has 2 nitrogen and oxygen atoms in total. The molecule has 3 rings (SSSR count). The van der Waals surface area contributed by atoms with Crippen LogP contribution >= 0.6 is 0 Å². The van der Waals surface area contributed by atoms with Crippen molar-refractivity contribution < 1.29 is 9.13 Å². The molecule has 0 aliphatic heterocycles. The van der Waals surface area contributed by atoms with Crippen LogP contribution in [0.3, 0.4) is 0 Å². The molecule has 0 saturated heterocycles. The van der Waals surface area contributed by atoms with E-state index in [-0.39, 0.29) is 5.82 Å². The van der Waals surface area contributed by atoms with Crippen molar-refractivity contribution in [2.45, 2.75) is 31.2 Å². The molecule has 2 N–H and O–H groups in total. The number of hydrogen-bond donors (Lipinski definition) is 1. The van der Waals surface area contributed by atoms with Crippen LogP contribution in [0.2, 0.25) is 0 Å². The lowest BCUT2D eigenvalue weighted by molar-refractivity contribution is 0.388. The first-order chi connectivity index (χ1) is 10.1. The fourth-order valence-electron chi connectivity index (χ4n) is 3.33. The van der Waals surface area contributed by atoms with Crippen molar-refractivity contribution in [1.29, 1.82) is 0 Å². The van der Waals surface area contributed by atoms with Gasteiger partial charge in [-0.1, -0.05) is 37.3 Å². The highest BCUT2D eigenvalue weighted by Crippen LogP contribution is 2.44. The number of hydrogen-bond acceptors (Lipinski definition) is 2. The molecule has 0 saturated carbocycles. The zero-order valence-electron chi connectivity index (χ0n) is 12.4. The Labute approximate surface area is 124 Å². The van der Waals surface area contributed by atoms with Crippen LogP contribution in [-0.2, 0) is 5.54 Å². The third-order valence-corrected chi connectivity index (χ3v) is 4.60. The van der Waals surface area contributed by atoms with Gasteiger partial charge in [-0.3, -0.25) is 0 Å². The van der Waals surface area contributed by atoms with E-state index < -0.39 is 5.54 Å². The minimum Gasteiger partial charge on any atom is -0.497 e. The van der Waals surface area contributed by atoms with Crippen LogP contribution < -0.4 is 10.5 Å². The monoisotopic (exact) mass is 285 g/mol. The van der Waals surface area contributed by atoms with Crippen LogP contribution in [0.4, 0.5) is 4.39 Å². The normalized spacial score (nSPS) is 24.5. The number of ether oxygens (including phenoxy) is 1. The number of nitrogens with two attached hydrogens (primary N) is 1. The van der Waals surface area contributed by atoms with E-state index in [4.69, 9.17) is 10.5 Å². The maximum absolute atomic E-state index is 14.5. The fourth-order valence-corrected chi connectivity index (χ4v) is 3.33. The van der Waals surface area contributed by atoms with Crippen LogP contribution in [0, 0.1) is 5.82 Å². The highest BCUT2D eigenvalue weighted by Gasteiger charge is 2.38. The molecule has 2 atom stereocenters. The van der Waals surface area contributed by atoms with Crippen molar-refractivity contribution in [3.05, 3.63) is 65.0 Å². The highest BCUT2D eigenvalue weighted by atomic mass is 19.1. The van der Waals surface area contributed by atoms with Gasteiger partial charge in [0, 0.05) is 11.6 Å². The molecule has 2 unspecified atom stereocenters. The number of benzene rings is 2. The zero-order chi connectivity index (χ0) is 15.0. The lowest BCUT2D eigenvalue weighted by Crippen LogP contribution is -2.42. The Morgan fingerprint density at radius 1 is 1.19 bits per heavy atom. The molecule has 1 aliphatic carbocycles. The highest BCUT2D eigenvalue weighted by molar-refractivity contribution is 5.47. The molecule has 0 fully saturated rings. The summed E-state index contributed by atoms with van der Waals surface area (Å²) in [5.74, 6) is 0.665. The van der Waals surface area contributed by atoms with Crippen molar-refractivity contribution >= 4 is 0 Å². The largest absolute Gasteiger partial charge is 0.497 e. The second-order valence-electron chi connectivity index (χ2n) is 5.84.